The fourth-order valence-electron chi connectivity index (χ4n) is 3.37. The number of fused-ring (bicyclic) bond motifs is 1. The normalized spacial score (nSPS) is 16.5. The summed E-state index contributed by atoms with van der Waals surface area (Å²) in [5.74, 6) is -1.17. The first kappa shape index (κ1) is 16.5. The van der Waals surface area contributed by atoms with Gasteiger partial charge in [0.15, 0.2) is 6.61 Å². The highest BCUT2D eigenvalue weighted by Crippen LogP contribution is 2.23. The molecular weight excluding hydrogens is 308 g/mol. The summed E-state index contributed by atoms with van der Waals surface area (Å²) in [6.45, 7) is -0.464. The number of nitrogens with one attached hydrogen (secondary N) is 2. The van der Waals surface area contributed by atoms with Crippen LogP contribution in [0.2, 0.25) is 0 Å². The molecule has 0 unspecified atom stereocenters. The Labute approximate surface area is 140 Å². The Balaban J connectivity index is 1.43. The predicted molar refractivity (Wildman–Crippen MR) is 87.7 cm³/mol. The van der Waals surface area contributed by atoms with Crippen LogP contribution in [0.5, 0.6) is 0 Å². The number of esters is 1. The number of hydrogen-bond acceptors (Lipinski definition) is 4. The van der Waals surface area contributed by atoms with Crippen molar-refractivity contribution in [2.24, 2.45) is 0 Å². The van der Waals surface area contributed by atoms with Crippen LogP contribution in [0.4, 0.5) is 4.79 Å². The summed E-state index contributed by atoms with van der Waals surface area (Å²) >= 11 is 0. The van der Waals surface area contributed by atoms with Crippen LogP contribution >= 0.6 is 0 Å². The molecule has 3 rings (SSSR count). The maximum absolute atomic E-state index is 12.0. The van der Waals surface area contributed by atoms with Crippen LogP contribution in [0, 0.1) is 0 Å². The summed E-state index contributed by atoms with van der Waals surface area (Å²) in [6.07, 6.45) is 7.19. The third-order valence-electron chi connectivity index (χ3n) is 4.61. The van der Waals surface area contributed by atoms with Crippen molar-refractivity contribution in [1.29, 1.82) is 0 Å². The van der Waals surface area contributed by atoms with Gasteiger partial charge >= 0.3 is 12.0 Å². The lowest BCUT2D eigenvalue weighted by Gasteiger charge is -2.12. The molecule has 2 aliphatic rings. The van der Waals surface area contributed by atoms with Crippen LogP contribution in [0.3, 0.4) is 0 Å². The average molecular weight is 330 g/mol. The molecule has 0 saturated heterocycles. The lowest BCUT2D eigenvalue weighted by atomic mass is 10.1. The van der Waals surface area contributed by atoms with Crippen molar-refractivity contribution in [3.63, 3.8) is 0 Å². The summed E-state index contributed by atoms with van der Waals surface area (Å²) in [6, 6.07) is 5.09. The van der Waals surface area contributed by atoms with Gasteiger partial charge in [-0.2, -0.15) is 0 Å². The predicted octanol–water partition coefficient (Wildman–Crippen LogP) is 2.10. The molecule has 0 aliphatic heterocycles. The van der Waals surface area contributed by atoms with E-state index in [0.717, 1.165) is 44.9 Å². The minimum atomic E-state index is -0.625. The monoisotopic (exact) mass is 330 g/mol. The van der Waals surface area contributed by atoms with E-state index in [1.165, 1.54) is 11.1 Å². The zero-order valence-electron chi connectivity index (χ0n) is 13.6. The minimum Gasteiger partial charge on any atom is -0.452 e. The first-order chi connectivity index (χ1) is 11.6. The van der Waals surface area contributed by atoms with Crippen molar-refractivity contribution in [3.05, 3.63) is 34.9 Å². The Kier molecular flexibility index (Phi) is 5.13. The Morgan fingerprint density at radius 2 is 1.79 bits per heavy atom. The van der Waals surface area contributed by atoms with Crippen LogP contribution in [-0.4, -0.2) is 30.6 Å². The Bertz CT molecular complexity index is 650. The third kappa shape index (κ3) is 4.13. The molecule has 128 valence electrons. The molecular formula is C18H22N2O4. The molecule has 1 aromatic carbocycles. The van der Waals surface area contributed by atoms with Gasteiger partial charge in [-0.15, -0.1) is 0 Å². The molecule has 6 heteroatoms. The zero-order chi connectivity index (χ0) is 16.9. The lowest BCUT2D eigenvalue weighted by molar-refractivity contribution is -0.123. The molecule has 24 heavy (non-hydrogen) atoms. The second kappa shape index (κ2) is 7.47. The maximum atomic E-state index is 12.0. The summed E-state index contributed by atoms with van der Waals surface area (Å²) in [4.78, 5) is 35.4. The highest BCUT2D eigenvalue weighted by Gasteiger charge is 2.19. The van der Waals surface area contributed by atoms with E-state index >= 15 is 0 Å². The summed E-state index contributed by atoms with van der Waals surface area (Å²) < 4.78 is 4.99. The topological polar surface area (TPSA) is 84.5 Å². The number of carbonyl (C=O) groups is 3. The van der Waals surface area contributed by atoms with Crippen LogP contribution < -0.4 is 10.6 Å². The van der Waals surface area contributed by atoms with E-state index in [0.29, 0.717) is 5.56 Å². The smallest absolute Gasteiger partial charge is 0.338 e. The molecule has 0 spiro atoms. The van der Waals surface area contributed by atoms with E-state index in [2.05, 4.69) is 10.6 Å². The van der Waals surface area contributed by atoms with Gasteiger partial charge in [0.1, 0.15) is 0 Å². The summed E-state index contributed by atoms with van der Waals surface area (Å²) in [5.41, 5.74) is 2.89. The maximum Gasteiger partial charge on any atom is 0.338 e. The van der Waals surface area contributed by atoms with Crippen molar-refractivity contribution < 1.29 is 19.1 Å². The number of amides is 3. The van der Waals surface area contributed by atoms with Crippen molar-refractivity contribution in [3.8, 4) is 0 Å². The van der Waals surface area contributed by atoms with Gasteiger partial charge in [-0.25, -0.2) is 9.59 Å². The van der Waals surface area contributed by atoms with E-state index in [1.807, 2.05) is 12.1 Å². The Hall–Kier alpha value is -2.37. The second-order valence-corrected chi connectivity index (χ2v) is 6.42. The van der Waals surface area contributed by atoms with Gasteiger partial charge < -0.3 is 10.1 Å². The molecule has 1 fully saturated rings. The number of carbonyl (C=O) groups excluding carboxylic acids is 3. The molecule has 0 atom stereocenters. The van der Waals surface area contributed by atoms with E-state index in [-0.39, 0.29) is 6.04 Å². The molecule has 3 amide bonds. The molecule has 2 N–H and O–H groups in total. The van der Waals surface area contributed by atoms with E-state index in [9.17, 15) is 14.4 Å². The summed E-state index contributed by atoms with van der Waals surface area (Å²) in [5, 5.41) is 4.94. The van der Waals surface area contributed by atoms with Gasteiger partial charge in [-0.3, -0.25) is 10.1 Å². The highest BCUT2D eigenvalue weighted by molar-refractivity contribution is 5.97. The minimum absolute atomic E-state index is 0.131. The molecule has 2 aliphatic carbocycles. The molecule has 1 aromatic rings. The molecule has 0 aromatic heterocycles. The van der Waals surface area contributed by atoms with E-state index in [1.54, 1.807) is 6.07 Å². The number of ether oxygens (including phenoxy) is 1. The Morgan fingerprint density at radius 3 is 2.58 bits per heavy atom. The molecule has 1 saturated carbocycles. The van der Waals surface area contributed by atoms with Crippen molar-refractivity contribution in [1.82, 2.24) is 10.6 Å². The second-order valence-electron chi connectivity index (χ2n) is 6.42. The molecule has 0 heterocycles. The standard InChI is InChI=1S/C18H22N2O4/c21-16(20-18(23)19-15-6-1-2-7-15)11-24-17(22)14-9-8-12-4-3-5-13(12)10-14/h8-10,15H,1-7,11H2,(H2,19,20,21,23). The van der Waals surface area contributed by atoms with Gasteiger partial charge in [0.25, 0.3) is 5.91 Å². The quantitative estimate of drug-likeness (QED) is 0.828. The fraction of sp³-hybridized carbons (Fsp3) is 0.500. The number of hydrogen-bond donors (Lipinski definition) is 2. The van der Waals surface area contributed by atoms with Gasteiger partial charge in [0, 0.05) is 6.04 Å². The fourth-order valence-corrected chi connectivity index (χ4v) is 3.37. The van der Waals surface area contributed by atoms with Gasteiger partial charge in [-0.05, 0) is 55.4 Å². The van der Waals surface area contributed by atoms with Crippen molar-refractivity contribution in [2.75, 3.05) is 6.61 Å². The highest BCUT2D eigenvalue weighted by atomic mass is 16.5. The van der Waals surface area contributed by atoms with Crippen LogP contribution in [0.25, 0.3) is 0 Å². The largest absolute Gasteiger partial charge is 0.452 e. The first-order valence-electron chi connectivity index (χ1n) is 8.51. The van der Waals surface area contributed by atoms with E-state index < -0.39 is 24.5 Å². The van der Waals surface area contributed by atoms with Crippen molar-refractivity contribution >= 4 is 17.9 Å². The summed E-state index contributed by atoms with van der Waals surface area (Å²) in [7, 11) is 0. The van der Waals surface area contributed by atoms with Gasteiger partial charge in [-0.1, -0.05) is 18.9 Å². The number of imide groups is 1. The van der Waals surface area contributed by atoms with Gasteiger partial charge in [0.2, 0.25) is 0 Å². The lowest BCUT2D eigenvalue weighted by Crippen LogP contribution is -2.44. The van der Waals surface area contributed by atoms with E-state index in [4.69, 9.17) is 4.74 Å². The number of rotatable bonds is 4. The number of urea groups is 1. The number of aryl methyl sites for hydroxylation is 2. The van der Waals surface area contributed by atoms with Crippen LogP contribution in [-0.2, 0) is 22.4 Å². The first-order valence-corrected chi connectivity index (χ1v) is 8.51. The van der Waals surface area contributed by atoms with Crippen molar-refractivity contribution in [2.45, 2.75) is 51.0 Å². The van der Waals surface area contributed by atoms with Crippen LogP contribution in [0.15, 0.2) is 18.2 Å². The zero-order valence-corrected chi connectivity index (χ0v) is 13.6. The molecule has 6 nitrogen and oxygen atoms in total. The molecule has 0 radical (unpaired) electrons. The Morgan fingerprint density at radius 1 is 1.04 bits per heavy atom. The molecule has 0 bridgehead atoms. The third-order valence-corrected chi connectivity index (χ3v) is 4.61. The average Bonchev–Trinajstić information content (AvgIpc) is 3.22. The van der Waals surface area contributed by atoms with Gasteiger partial charge in [0.05, 0.1) is 5.56 Å². The van der Waals surface area contributed by atoms with Crippen LogP contribution in [0.1, 0.15) is 53.6 Å². The number of benzene rings is 1. The SMILES string of the molecule is O=C(COC(=O)c1ccc2c(c1)CCC2)NC(=O)NC1CCCC1.